The minimum atomic E-state index is 0.627. The molecule has 0 N–H and O–H groups in total. The standard InChI is InChI=1S/C15H16BrNO2/c16-11-13-7-8-15(12-17-13)19-10-4-9-18-14-5-2-1-3-6-14/h1-3,5-8,12H,4,9-11H2. The molecule has 2 aromatic rings. The van der Waals surface area contributed by atoms with Gasteiger partial charge in [-0.1, -0.05) is 34.1 Å². The normalized spacial score (nSPS) is 10.2. The van der Waals surface area contributed by atoms with Gasteiger partial charge in [0.2, 0.25) is 0 Å². The maximum Gasteiger partial charge on any atom is 0.137 e. The number of pyridine rings is 1. The molecule has 0 radical (unpaired) electrons. The molecule has 0 spiro atoms. The van der Waals surface area contributed by atoms with Crippen molar-refractivity contribution < 1.29 is 9.47 Å². The number of aromatic nitrogens is 1. The molecule has 2 rings (SSSR count). The third-order valence-corrected chi connectivity index (χ3v) is 3.08. The maximum atomic E-state index is 5.59. The summed E-state index contributed by atoms with van der Waals surface area (Å²) in [6, 6.07) is 13.7. The van der Waals surface area contributed by atoms with Crippen LogP contribution in [0, 0.1) is 0 Å². The summed E-state index contributed by atoms with van der Waals surface area (Å²) in [5.41, 5.74) is 1.000. The van der Waals surface area contributed by atoms with Gasteiger partial charge in [-0.05, 0) is 24.3 Å². The number of rotatable bonds is 7. The van der Waals surface area contributed by atoms with Gasteiger partial charge in [0.15, 0.2) is 0 Å². The molecule has 3 nitrogen and oxygen atoms in total. The Bertz CT molecular complexity index is 473. The molecule has 0 bridgehead atoms. The topological polar surface area (TPSA) is 31.4 Å². The van der Waals surface area contributed by atoms with Gasteiger partial charge >= 0.3 is 0 Å². The predicted molar refractivity (Wildman–Crippen MR) is 78.9 cm³/mol. The number of halogens is 1. The first-order valence-electron chi connectivity index (χ1n) is 6.20. The SMILES string of the molecule is BrCc1ccc(OCCCOc2ccccc2)cn1. The summed E-state index contributed by atoms with van der Waals surface area (Å²) in [6.45, 7) is 1.28. The number of nitrogens with zero attached hydrogens (tertiary/aromatic N) is 1. The van der Waals surface area contributed by atoms with E-state index in [2.05, 4.69) is 20.9 Å². The minimum Gasteiger partial charge on any atom is -0.493 e. The second-order valence-electron chi connectivity index (χ2n) is 3.98. The molecule has 0 atom stereocenters. The van der Waals surface area contributed by atoms with Crippen LogP contribution in [0.2, 0.25) is 0 Å². The Morgan fingerprint density at radius 3 is 2.26 bits per heavy atom. The highest BCUT2D eigenvalue weighted by Crippen LogP contribution is 2.12. The second-order valence-corrected chi connectivity index (χ2v) is 4.54. The van der Waals surface area contributed by atoms with E-state index in [4.69, 9.17) is 9.47 Å². The first kappa shape index (κ1) is 13.9. The van der Waals surface area contributed by atoms with Crippen LogP contribution in [0.3, 0.4) is 0 Å². The van der Waals surface area contributed by atoms with E-state index in [9.17, 15) is 0 Å². The van der Waals surface area contributed by atoms with E-state index in [0.717, 1.165) is 28.9 Å². The molecule has 0 unspecified atom stereocenters. The molecule has 1 aromatic carbocycles. The third-order valence-electron chi connectivity index (χ3n) is 2.50. The van der Waals surface area contributed by atoms with Gasteiger partial charge in [-0.3, -0.25) is 4.98 Å². The van der Waals surface area contributed by atoms with Crippen molar-refractivity contribution in [2.24, 2.45) is 0 Å². The number of para-hydroxylation sites is 1. The molecule has 0 aliphatic rings. The van der Waals surface area contributed by atoms with E-state index in [-0.39, 0.29) is 0 Å². The van der Waals surface area contributed by atoms with Crippen LogP contribution in [0.15, 0.2) is 48.7 Å². The molecule has 0 amide bonds. The van der Waals surface area contributed by atoms with Crippen molar-refractivity contribution in [1.29, 1.82) is 0 Å². The number of ether oxygens (including phenoxy) is 2. The van der Waals surface area contributed by atoms with Crippen LogP contribution in [0.5, 0.6) is 11.5 Å². The fourth-order valence-corrected chi connectivity index (χ4v) is 1.86. The summed E-state index contributed by atoms with van der Waals surface area (Å²) in [5.74, 6) is 1.69. The van der Waals surface area contributed by atoms with Crippen LogP contribution in [-0.4, -0.2) is 18.2 Å². The second kappa shape index (κ2) is 7.79. The molecule has 0 fully saturated rings. The number of alkyl halides is 1. The highest BCUT2D eigenvalue weighted by Gasteiger charge is 1.96. The quantitative estimate of drug-likeness (QED) is 0.573. The van der Waals surface area contributed by atoms with Crippen molar-refractivity contribution >= 4 is 15.9 Å². The van der Waals surface area contributed by atoms with Gasteiger partial charge < -0.3 is 9.47 Å². The lowest BCUT2D eigenvalue weighted by Gasteiger charge is -2.07. The maximum absolute atomic E-state index is 5.59. The van der Waals surface area contributed by atoms with Crippen LogP contribution < -0.4 is 9.47 Å². The lowest BCUT2D eigenvalue weighted by atomic mass is 10.3. The lowest BCUT2D eigenvalue weighted by Crippen LogP contribution is -2.05. The van der Waals surface area contributed by atoms with Crippen molar-refractivity contribution in [3.8, 4) is 11.5 Å². The van der Waals surface area contributed by atoms with Crippen LogP contribution in [-0.2, 0) is 5.33 Å². The minimum absolute atomic E-state index is 0.627. The van der Waals surface area contributed by atoms with Crippen molar-refractivity contribution in [2.75, 3.05) is 13.2 Å². The zero-order chi connectivity index (χ0) is 13.3. The molecule has 4 heteroatoms. The fraction of sp³-hybridized carbons (Fsp3) is 0.267. The first-order valence-corrected chi connectivity index (χ1v) is 7.32. The molecule has 0 saturated heterocycles. The van der Waals surface area contributed by atoms with Crippen LogP contribution >= 0.6 is 15.9 Å². The lowest BCUT2D eigenvalue weighted by molar-refractivity contribution is 0.247. The summed E-state index contributed by atoms with van der Waals surface area (Å²) < 4.78 is 11.2. The van der Waals surface area contributed by atoms with E-state index in [1.807, 2.05) is 42.5 Å². The van der Waals surface area contributed by atoms with Crippen molar-refractivity contribution in [1.82, 2.24) is 4.98 Å². The van der Waals surface area contributed by atoms with Gasteiger partial charge in [-0.25, -0.2) is 0 Å². The van der Waals surface area contributed by atoms with E-state index in [1.165, 1.54) is 0 Å². The Morgan fingerprint density at radius 1 is 0.895 bits per heavy atom. The van der Waals surface area contributed by atoms with Gasteiger partial charge in [-0.2, -0.15) is 0 Å². The monoisotopic (exact) mass is 321 g/mol. The zero-order valence-electron chi connectivity index (χ0n) is 10.6. The fourth-order valence-electron chi connectivity index (χ4n) is 1.53. The first-order chi connectivity index (χ1) is 9.38. The molecule has 0 saturated carbocycles. The average molecular weight is 322 g/mol. The van der Waals surface area contributed by atoms with Crippen molar-refractivity contribution in [2.45, 2.75) is 11.8 Å². The molecule has 1 aromatic heterocycles. The van der Waals surface area contributed by atoms with E-state index in [0.29, 0.717) is 13.2 Å². The summed E-state index contributed by atoms with van der Waals surface area (Å²) in [6.07, 6.45) is 2.59. The molecule has 1 heterocycles. The summed E-state index contributed by atoms with van der Waals surface area (Å²) in [4.78, 5) is 4.24. The van der Waals surface area contributed by atoms with Gasteiger partial charge in [0.1, 0.15) is 11.5 Å². The van der Waals surface area contributed by atoms with Gasteiger partial charge in [0.05, 0.1) is 25.1 Å². The molecule has 100 valence electrons. The number of benzene rings is 1. The smallest absolute Gasteiger partial charge is 0.137 e. The van der Waals surface area contributed by atoms with Gasteiger partial charge in [0, 0.05) is 11.8 Å². The van der Waals surface area contributed by atoms with Gasteiger partial charge in [-0.15, -0.1) is 0 Å². The number of hydrogen-bond donors (Lipinski definition) is 0. The Labute approximate surface area is 121 Å². The molecule has 19 heavy (non-hydrogen) atoms. The summed E-state index contributed by atoms with van der Waals surface area (Å²) >= 11 is 3.36. The highest BCUT2D eigenvalue weighted by molar-refractivity contribution is 9.08. The molecule has 0 aliphatic carbocycles. The molecular formula is C15H16BrNO2. The Balaban J connectivity index is 1.63. The van der Waals surface area contributed by atoms with Crippen LogP contribution in [0.1, 0.15) is 12.1 Å². The summed E-state index contributed by atoms with van der Waals surface area (Å²) in [7, 11) is 0. The zero-order valence-corrected chi connectivity index (χ0v) is 12.2. The largest absolute Gasteiger partial charge is 0.493 e. The Morgan fingerprint density at radius 2 is 1.63 bits per heavy atom. The highest BCUT2D eigenvalue weighted by atomic mass is 79.9. The predicted octanol–water partition coefficient (Wildman–Crippen LogP) is 3.82. The van der Waals surface area contributed by atoms with Crippen molar-refractivity contribution in [3.63, 3.8) is 0 Å². The summed E-state index contributed by atoms with van der Waals surface area (Å²) in [5, 5.41) is 0.762. The molecular weight excluding hydrogens is 306 g/mol. The Hall–Kier alpha value is -1.55. The molecule has 0 aliphatic heterocycles. The number of hydrogen-bond acceptors (Lipinski definition) is 3. The van der Waals surface area contributed by atoms with Crippen molar-refractivity contribution in [3.05, 3.63) is 54.4 Å². The van der Waals surface area contributed by atoms with E-state index >= 15 is 0 Å². The third kappa shape index (κ3) is 4.91. The van der Waals surface area contributed by atoms with Crippen LogP contribution in [0.25, 0.3) is 0 Å². The van der Waals surface area contributed by atoms with Gasteiger partial charge in [0.25, 0.3) is 0 Å². The van der Waals surface area contributed by atoms with Crippen LogP contribution in [0.4, 0.5) is 0 Å². The van der Waals surface area contributed by atoms with E-state index < -0.39 is 0 Å². The van der Waals surface area contributed by atoms with E-state index in [1.54, 1.807) is 6.20 Å². The average Bonchev–Trinajstić information content (AvgIpc) is 2.49. The Kier molecular flexibility index (Phi) is 5.69.